The summed E-state index contributed by atoms with van der Waals surface area (Å²) in [6.07, 6.45) is 1.09. The topological polar surface area (TPSA) is 90.5 Å². The summed E-state index contributed by atoms with van der Waals surface area (Å²) >= 11 is 0. The molecule has 0 aromatic heterocycles. The van der Waals surface area contributed by atoms with Gasteiger partial charge >= 0.3 is 0 Å². The lowest BCUT2D eigenvalue weighted by molar-refractivity contribution is -0.116. The highest BCUT2D eigenvalue weighted by molar-refractivity contribution is 7.89. The highest BCUT2D eigenvalue weighted by atomic mass is 35.5. The van der Waals surface area contributed by atoms with Crippen molar-refractivity contribution in [2.45, 2.75) is 24.7 Å². The monoisotopic (exact) mass is 378 g/mol. The summed E-state index contributed by atoms with van der Waals surface area (Å²) < 4.78 is 25.6. The van der Waals surface area contributed by atoms with Gasteiger partial charge < -0.3 is 16.0 Å². The molecule has 138 valence electrons. The van der Waals surface area contributed by atoms with Crippen molar-refractivity contribution in [1.82, 2.24) is 9.62 Å². The van der Waals surface area contributed by atoms with Crippen LogP contribution in [0.2, 0.25) is 0 Å². The molecule has 0 bridgehead atoms. The molecule has 0 fully saturated rings. The molecular formula is C15H27ClN4O3S. The Morgan fingerprint density at radius 3 is 2.42 bits per heavy atom. The molecule has 1 aromatic rings. The summed E-state index contributed by atoms with van der Waals surface area (Å²) in [5.41, 5.74) is 1.18. The largest absolute Gasteiger partial charge is 0.384 e. The molecule has 0 aliphatic rings. The molecule has 7 nitrogen and oxygen atoms in total. The average Bonchev–Trinajstić information content (AvgIpc) is 2.49. The van der Waals surface area contributed by atoms with E-state index in [1.807, 2.05) is 14.0 Å². The molecule has 0 radical (unpaired) electrons. The molecule has 0 heterocycles. The summed E-state index contributed by atoms with van der Waals surface area (Å²) in [6.45, 7) is 3.36. The number of hydrogen-bond acceptors (Lipinski definition) is 5. The van der Waals surface area contributed by atoms with E-state index < -0.39 is 10.0 Å². The van der Waals surface area contributed by atoms with Gasteiger partial charge in [0.1, 0.15) is 0 Å². The Balaban J connectivity index is 0.00000529. The highest BCUT2D eigenvalue weighted by Crippen LogP contribution is 2.26. The van der Waals surface area contributed by atoms with E-state index in [4.69, 9.17) is 0 Å². The van der Waals surface area contributed by atoms with Gasteiger partial charge in [0.25, 0.3) is 0 Å². The number of anilines is 2. The van der Waals surface area contributed by atoms with Crippen LogP contribution in [0.15, 0.2) is 23.1 Å². The Morgan fingerprint density at radius 1 is 1.21 bits per heavy atom. The zero-order valence-electron chi connectivity index (χ0n) is 14.5. The molecule has 0 saturated carbocycles. The lowest BCUT2D eigenvalue weighted by Gasteiger charge is -2.16. The molecule has 1 amide bonds. The zero-order valence-corrected chi connectivity index (χ0v) is 16.2. The maximum atomic E-state index is 12.2. The van der Waals surface area contributed by atoms with Crippen molar-refractivity contribution in [3.8, 4) is 0 Å². The molecule has 0 aliphatic heterocycles. The quantitative estimate of drug-likeness (QED) is 0.569. The number of benzene rings is 1. The number of rotatable bonds is 9. The number of halogens is 1. The third-order valence-electron chi connectivity index (χ3n) is 3.24. The minimum absolute atomic E-state index is 0. The summed E-state index contributed by atoms with van der Waals surface area (Å²) in [5.74, 6) is -0.140. The van der Waals surface area contributed by atoms with Gasteiger partial charge in [-0.2, -0.15) is 0 Å². The SMILES string of the molecule is CCNc1ccc(S(=O)(=O)N(C)C)cc1NC(=O)CCCNC.Cl. The first-order valence-corrected chi connectivity index (χ1v) is 9.01. The van der Waals surface area contributed by atoms with Crippen molar-refractivity contribution in [1.29, 1.82) is 0 Å². The van der Waals surface area contributed by atoms with Gasteiger partial charge in [0.05, 0.1) is 16.3 Å². The van der Waals surface area contributed by atoms with Crippen molar-refractivity contribution in [2.75, 3.05) is 44.9 Å². The Bertz CT molecular complexity index is 636. The van der Waals surface area contributed by atoms with Gasteiger partial charge in [-0.15, -0.1) is 12.4 Å². The Hall–Kier alpha value is -1.35. The molecule has 0 unspecified atom stereocenters. The van der Waals surface area contributed by atoms with Gasteiger partial charge in [-0.25, -0.2) is 12.7 Å². The van der Waals surface area contributed by atoms with Crippen LogP contribution in [0.5, 0.6) is 0 Å². The number of nitrogens with one attached hydrogen (secondary N) is 3. The van der Waals surface area contributed by atoms with Gasteiger partial charge in [0.15, 0.2) is 0 Å². The molecule has 1 rings (SSSR count). The maximum absolute atomic E-state index is 12.2. The van der Waals surface area contributed by atoms with Crippen LogP contribution in [-0.4, -0.2) is 52.9 Å². The molecule has 0 saturated heterocycles. The minimum atomic E-state index is -3.54. The van der Waals surface area contributed by atoms with Gasteiger partial charge in [0, 0.05) is 27.1 Å². The molecule has 0 aliphatic carbocycles. The number of hydrogen-bond donors (Lipinski definition) is 3. The second-order valence-corrected chi connectivity index (χ2v) is 7.43. The van der Waals surface area contributed by atoms with Crippen molar-refractivity contribution in [2.24, 2.45) is 0 Å². The van der Waals surface area contributed by atoms with Crippen LogP contribution in [0.25, 0.3) is 0 Å². The van der Waals surface area contributed by atoms with Gasteiger partial charge in [0.2, 0.25) is 15.9 Å². The zero-order chi connectivity index (χ0) is 17.5. The van der Waals surface area contributed by atoms with E-state index in [-0.39, 0.29) is 23.2 Å². The van der Waals surface area contributed by atoms with E-state index >= 15 is 0 Å². The lowest BCUT2D eigenvalue weighted by Crippen LogP contribution is -2.23. The van der Waals surface area contributed by atoms with Crippen LogP contribution >= 0.6 is 12.4 Å². The summed E-state index contributed by atoms with van der Waals surface area (Å²) in [4.78, 5) is 12.2. The number of amides is 1. The number of sulfonamides is 1. The summed E-state index contributed by atoms with van der Waals surface area (Å²) in [5, 5.41) is 8.90. The normalized spacial score (nSPS) is 11.0. The average molecular weight is 379 g/mol. The van der Waals surface area contributed by atoms with Gasteiger partial charge in [-0.05, 0) is 45.1 Å². The van der Waals surface area contributed by atoms with E-state index in [1.165, 1.54) is 26.2 Å². The maximum Gasteiger partial charge on any atom is 0.242 e. The predicted octanol–water partition coefficient (Wildman–Crippen LogP) is 1.73. The van der Waals surface area contributed by atoms with Gasteiger partial charge in [-0.3, -0.25) is 4.79 Å². The van der Waals surface area contributed by atoms with Crippen molar-refractivity contribution in [3.63, 3.8) is 0 Å². The highest BCUT2D eigenvalue weighted by Gasteiger charge is 2.19. The minimum Gasteiger partial charge on any atom is -0.384 e. The third kappa shape index (κ3) is 6.27. The van der Waals surface area contributed by atoms with Crippen LogP contribution in [-0.2, 0) is 14.8 Å². The smallest absolute Gasteiger partial charge is 0.242 e. The van der Waals surface area contributed by atoms with Crippen LogP contribution in [0, 0.1) is 0 Å². The first kappa shape index (κ1) is 22.6. The Kier molecular flexibility index (Phi) is 9.91. The molecule has 0 spiro atoms. The van der Waals surface area contributed by atoms with E-state index in [0.717, 1.165) is 10.8 Å². The molecule has 1 aromatic carbocycles. The molecule has 3 N–H and O–H groups in total. The number of carbonyl (C=O) groups excluding carboxylic acids is 1. The molecule has 24 heavy (non-hydrogen) atoms. The number of carbonyl (C=O) groups is 1. The first-order valence-electron chi connectivity index (χ1n) is 7.57. The second kappa shape index (κ2) is 10.5. The fraction of sp³-hybridized carbons (Fsp3) is 0.533. The predicted molar refractivity (Wildman–Crippen MR) is 101 cm³/mol. The first-order chi connectivity index (χ1) is 10.8. The van der Waals surface area contributed by atoms with E-state index in [0.29, 0.717) is 30.8 Å². The van der Waals surface area contributed by atoms with Crippen molar-refractivity contribution >= 4 is 39.7 Å². The van der Waals surface area contributed by atoms with E-state index in [1.54, 1.807) is 6.07 Å². The Labute approximate surface area is 150 Å². The van der Waals surface area contributed by atoms with Crippen LogP contribution in [0.4, 0.5) is 11.4 Å². The van der Waals surface area contributed by atoms with Crippen LogP contribution in [0.1, 0.15) is 19.8 Å². The standard InChI is InChI=1S/C15H26N4O3S.ClH/c1-5-17-13-9-8-12(23(21,22)19(3)4)11-14(13)18-15(20)7-6-10-16-2;/h8-9,11,16-17H,5-7,10H2,1-4H3,(H,18,20);1H. The molecular weight excluding hydrogens is 352 g/mol. The van der Waals surface area contributed by atoms with Gasteiger partial charge in [-0.1, -0.05) is 0 Å². The van der Waals surface area contributed by atoms with Crippen LogP contribution in [0.3, 0.4) is 0 Å². The van der Waals surface area contributed by atoms with Crippen molar-refractivity contribution < 1.29 is 13.2 Å². The lowest BCUT2D eigenvalue weighted by atomic mass is 10.2. The fourth-order valence-corrected chi connectivity index (χ4v) is 2.91. The van der Waals surface area contributed by atoms with Crippen molar-refractivity contribution in [3.05, 3.63) is 18.2 Å². The Morgan fingerprint density at radius 2 is 1.88 bits per heavy atom. The van der Waals surface area contributed by atoms with Crippen LogP contribution < -0.4 is 16.0 Å². The summed E-state index contributed by atoms with van der Waals surface area (Å²) in [6, 6.07) is 4.69. The number of nitrogens with zero attached hydrogens (tertiary/aromatic N) is 1. The van der Waals surface area contributed by atoms with E-state index in [2.05, 4.69) is 16.0 Å². The molecule has 9 heteroatoms. The molecule has 0 atom stereocenters. The third-order valence-corrected chi connectivity index (χ3v) is 5.05. The second-order valence-electron chi connectivity index (χ2n) is 5.28. The van der Waals surface area contributed by atoms with E-state index in [9.17, 15) is 13.2 Å². The fourth-order valence-electron chi connectivity index (χ4n) is 1.98. The summed E-state index contributed by atoms with van der Waals surface area (Å²) in [7, 11) is 1.24.